The van der Waals surface area contributed by atoms with Gasteiger partial charge < -0.3 is 10.2 Å². The molecule has 0 bridgehead atoms. The Morgan fingerprint density at radius 3 is 2.53 bits per heavy atom. The molecule has 0 saturated carbocycles. The molecule has 0 aliphatic rings. The van der Waals surface area contributed by atoms with Gasteiger partial charge in [-0.25, -0.2) is 9.97 Å². The van der Waals surface area contributed by atoms with Gasteiger partial charge in [-0.2, -0.15) is 0 Å². The second-order valence-electron chi connectivity index (χ2n) is 4.19. The zero-order chi connectivity index (χ0) is 12.8. The van der Waals surface area contributed by atoms with Crippen molar-refractivity contribution in [1.82, 2.24) is 14.9 Å². The molecule has 5 heteroatoms. The summed E-state index contributed by atoms with van der Waals surface area (Å²) >= 11 is 5.82. The van der Waals surface area contributed by atoms with Gasteiger partial charge in [-0.3, -0.25) is 0 Å². The van der Waals surface area contributed by atoms with Crippen LogP contribution in [-0.4, -0.2) is 40.5 Å². The summed E-state index contributed by atoms with van der Waals surface area (Å²) < 4.78 is 0. The number of aryl methyl sites for hydroxylation is 1. The Hall–Kier alpha value is -0.870. The lowest BCUT2D eigenvalue weighted by atomic mass is 10.3. The summed E-state index contributed by atoms with van der Waals surface area (Å²) in [6.45, 7) is 11.5. The van der Waals surface area contributed by atoms with Crippen LogP contribution in [0.25, 0.3) is 0 Å². The zero-order valence-corrected chi connectivity index (χ0v) is 11.8. The van der Waals surface area contributed by atoms with E-state index < -0.39 is 0 Å². The van der Waals surface area contributed by atoms with Crippen molar-refractivity contribution in [3.8, 4) is 0 Å². The fourth-order valence-electron chi connectivity index (χ4n) is 1.77. The molecule has 1 atom stereocenters. The maximum absolute atomic E-state index is 5.82. The fourth-order valence-corrected chi connectivity index (χ4v) is 2.00. The van der Waals surface area contributed by atoms with E-state index in [1.54, 1.807) is 0 Å². The molecule has 0 amide bonds. The number of aromatic nitrogens is 2. The van der Waals surface area contributed by atoms with Crippen molar-refractivity contribution in [3.05, 3.63) is 17.0 Å². The summed E-state index contributed by atoms with van der Waals surface area (Å²) in [4.78, 5) is 10.6. The molecule has 1 aromatic rings. The quantitative estimate of drug-likeness (QED) is 0.795. The summed E-state index contributed by atoms with van der Waals surface area (Å²) in [7, 11) is 0. The summed E-state index contributed by atoms with van der Waals surface area (Å²) in [6, 6.07) is 2.24. The molecule has 17 heavy (non-hydrogen) atoms. The average Bonchev–Trinajstić information content (AvgIpc) is 2.24. The van der Waals surface area contributed by atoms with Crippen LogP contribution in [0.1, 0.15) is 26.5 Å². The second kappa shape index (κ2) is 6.77. The molecule has 96 valence electrons. The molecule has 0 aliphatic heterocycles. The third kappa shape index (κ3) is 4.88. The Morgan fingerprint density at radius 1 is 1.35 bits per heavy atom. The second-order valence-corrected chi connectivity index (χ2v) is 4.53. The van der Waals surface area contributed by atoms with E-state index in [2.05, 4.69) is 41.0 Å². The van der Waals surface area contributed by atoms with E-state index in [0.29, 0.717) is 11.3 Å². The van der Waals surface area contributed by atoms with E-state index >= 15 is 0 Å². The van der Waals surface area contributed by atoms with E-state index in [1.165, 1.54) is 0 Å². The van der Waals surface area contributed by atoms with Gasteiger partial charge in [0.25, 0.3) is 0 Å². The number of hydrogen-bond donors (Lipinski definition) is 1. The summed E-state index contributed by atoms with van der Waals surface area (Å²) in [5.74, 6) is 0.794. The minimum Gasteiger partial charge on any atom is -0.366 e. The highest BCUT2D eigenvalue weighted by atomic mass is 35.5. The van der Waals surface area contributed by atoms with Crippen LogP contribution in [0.15, 0.2) is 6.07 Å². The number of rotatable bonds is 6. The fraction of sp³-hybridized carbons (Fsp3) is 0.667. The van der Waals surface area contributed by atoms with Crippen LogP contribution >= 0.6 is 11.6 Å². The normalized spacial score (nSPS) is 12.8. The Morgan fingerprint density at radius 2 is 2.00 bits per heavy atom. The van der Waals surface area contributed by atoms with Gasteiger partial charge in [-0.1, -0.05) is 13.8 Å². The van der Waals surface area contributed by atoms with Gasteiger partial charge in [0.2, 0.25) is 5.28 Å². The summed E-state index contributed by atoms with van der Waals surface area (Å²) in [5, 5.41) is 3.64. The third-order valence-corrected chi connectivity index (χ3v) is 2.82. The number of nitrogens with one attached hydrogen (secondary N) is 1. The molecule has 0 aromatic carbocycles. The molecule has 0 radical (unpaired) electrons. The van der Waals surface area contributed by atoms with Gasteiger partial charge in [0.1, 0.15) is 5.82 Å². The Labute approximate surface area is 108 Å². The number of likely N-dealkylation sites (N-methyl/N-ethyl adjacent to an activating group) is 1. The zero-order valence-electron chi connectivity index (χ0n) is 11.0. The molecule has 0 aliphatic carbocycles. The number of anilines is 1. The van der Waals surface area contributed by atoms with E-state index in [9.17, 15) is 0 Å². The molecule has 0 saturated heterocycles. The first-order valence-corrected chi connectivity index (χ1v) is 6.43. The van der Waals surface area contributed by atoms with E-state index in [1.807, 2.05) is 13.0 Å². The highest BCUT2D eigenvalue weighted by molar-refractivity contribution is 6.28. The molecular formula is C12H21ClN4. The van der Waals surface area contributed by atoms with Crippen LogP contribution in [0.3, 0.4) is 0 Å². The van der Waals surface area contributed by atoms with E-state index in [4.69, 9.17) is 11.6 Å². The SMILES string of the molecule is CCN(CC)CC(C)Nc1cc(C)nc(Cl)n1. The maximum atomic E-state index is 5.82. The van der Waals surface area contributed by atoms with Crippen molar-refractivity contribution in [1.29, 1.82) is 0 Å². The monoisotopic (exact) mass is 256 g/mol. The first kappa shape index (κ1) is 14.2. The molecule has 1 rings (SSSR count). The topological polar surface area (TPSA) is 41.0 Å². The van der Waals surface area contributed by atoms with Crippen molar-refractivity contribution >= 4 is 17.4 Å². The molecule has 4 nitrogen and oxygen atoms in total. The van der Waals surface area contributed by atoms with E-state index in [-0.39, 0.29) is 0 Å². The molecule has 0 fully saturated rings. The molecular weight excluding hydrogens is 236 g/mol. The summed E-state index contributed by atoms with van der Waals surface area (Å²) in [6.07, 6.45) is 0. The number of halogens is 1. The van der Waals surface area contributed by atoms with Gasteiger partial charge in [-0.15, -0.1) is 0 Å². The van der Waals surface area contributed by atoms with Gasteiger partial charge in [-0.05, 0) is 38.5 Å². The van der Waals surface area contributed by atoms with Crippen LogP contribution in [0.2, 0.25) is 5.28 Å². The minimum absolute atomic E-state index is 0.294. The molecule has 1 unspecified atom stereocenters. The van der Waals surface area contributed by atoms with Crippen molar-refractivity contribution in [2.45, 2.75) is 33.7 Å². The highest BCUT2D eigenvalue weighted by Crippen LogP contribution is 2.11. The lowest BCUT2D eigenvalue weighted by molar-refractivity contribution is 0.294. The van der Waals surface area contributed by atoms with Crippen molar-refractivity contribution in [2.24, 2.45) is 0 Å². The highest BCUT2D eigenvalue weighted by Gasteiger charge is 2.08. The smallest absolute Gasteiger partial charge is 0.224 e. The largest absolute Gasteiger partial charge is 0.366 e. The van der Waals surface area contributed by atoms with Gasteiger partial charge >= 0.3 is 0 Å². The predicted molar refractivity (Wildman–Crippen MR) is 72.7 cm³/mol. The third-order valence-electron chi connectivity index (χ3n) is 2.65. The van der Waals surface area contributed by atoms with Gasteiger partial charge in [0.15, 0.2) is 0 Å². The standard InChI is InChI=1S/C12H21ClN4/c1-5-17(6-2)8-10(4)14-11-7-9(3)15-12(13)16-11/h7,10H,5-6,8H2,1-4H3,(H,14,15,16). The van der Waals surface area contributed by atoms with Crippen molar-refractivity contribution < 1.29 is 0 Å². The number of hydrogen-bond acceptors (Lipinski definition) is 4. The minimum atomic E-state index is 0.294. The average molecular weight is 257 g/mol. The lowest BCUT2D eigenvalue weighted by Gasteiger charge is -2.23. The van der Waals surface area contributed by atoms with Gasteiger partial charge in [0, 0.05) is 24.3 Å². The Balaban J connectivity index is 2.58. The molecule has 1 N–H and O–H groups in total. The van der Waals surface area contributed by atoms with Crippen LogP contribution in [0, 0.1) is 6.92 Å². The van der Waals surface area contributed by atoms with Crippen molar-refractivity contribution in [2.75, 3.05) is 25.0 Å². The summed E-state index contributed by atoms with van der Waals surface area (Å²) in [5.41, 5.74) is 0.877. The Bertz CT molecular complexity index is 332. The first-order valence-electron chi connectivity index (χ1n) is 6.05. The Kier molecular flexibility index (Phi) is 5.65. The van der Waals surface area contributed by atoms with Gasteiger partial charge in [0.05, 0.1) is 0 Å². The van der Waals surface area contributed by atoms with Crippen LogP contribution < -0.4 is 5.32 Å². The van der Waals surface area contributed by atoms with Crippen LogP contribution in [0.4, 0.5) is 5.82 Å². The molecule has 0 spiro atoms. The lowest BCUT2D eigenvalue weighted by Crippen LogP contribution is -2.35. The van der Waals surface area contributed by atoms with Crippen LogP contribution in [0.5, 0.6) is 0 Å². The van der Waals surface area contributed by atoms with E-state index in [0.717, 1.165) is 31.1 Å². The first-order chi connectivity index (χ1) is 8.05. The molecule has 1 heterocycles. The predicted octanol–water partition coefficient (Wildman–Crippen LogP) is 2.58. The van der Waals surface area contributed by atoms with Crippen LogP contribution in [-0.2, 0) is 0 Å². The maximum Gasteiger partial charge on any atom is 0.224 e. The van der Waals surface area contributed by atoms with Crippen molar-refractivity contribution in [3.63, 3.8) is 0 Å². The molecule has 1 aromatic heterocycles. The number of nitrogens with zero attached hydrogens (tertiary/aromatic N) is 3.